The van der Waals surface area contributed by atoms with Gasteiger partial charge >= 0.3 is 6.16 Å². The summed E-state index contributed by atoms with van der Waals surface area (Å²) in [6.45, 7) is 4.53. The molecule has 1 atom stereocenters. The highest BCUT2D eigenvalue weighted by molar-refractivity contribution is 6.48. The molecule has 0 bridgehead atoms. The minimum absolute atomic E-state index is 0.437. The maximum absolute atomic E-state index is 8.56. The Morgan fingerprint density at radius 3 is 2.11 bits per heavy atom. The van der Waals surface area contributed by atoms with Gasteiger partial charge in [0.05, 0.1) is 0 Å². The molecule has 2 rings (SSSR count). The summed E-state index contributed by atoms with van der Waals surface area (Å²) in [6.07, 6.45) is 1.56. The lowest BCUT2D eigenvalue weighted by Gasteiger charge is -2.01. The Kier molecular flexibility index (Phi) is 5.27. The first kappa shape index (κ1) is 15.9. The molecule has 1 aliphatic carbocycles. The number of rotatable bonds is 2. The fraction of sp³-hybridized carbons (Fsp3) is 0.357. The quantitative estimate of drug-likeness (QED) is 0.790. The Bertz CT molecular complexity index is 474. The third kappa shape index (κ3) is 5.53. The molecule has 1 aromatic carbocycles. The smallest absolute Gasteiger partial charge is 0.450 e. The molecule has 0 aromatic heterocycles. The summed E-state index contributed by atoms with van der Waals surface area (Å²) in [5, 5.41) is 15.5. The maximum Gasteiger partial charge on any atom is 0.503 e. The average molecular weight is 303 g/mol. The van der Waals surface area contributed by atoms with Crippen molar-refractivity contribution in [2.75, 3.05) is 0 Å². The first-order valence-corrected chi connectivity index (χ1v) is 6.53. The van der Waals surface area contributed by atoms with Crippen LogP contribution in [0.4, 0.5) is 4.79 Å². The zero-order valence-corrected chi connectivity index (χ0v) is 12.2. The van der Waals surface area contributed by atoms with Gasteiger partial charge in [-0.3, -0.25) is 0 Å². The van der Waals surface area contributed by atoms with Gasteiger partial charge in [0.1, 0.15) is 0 Å². The molecule has 5 heteroatoms. The summed E-state index contributed by atoms with van der Waals surface area (Å²) in [6, 6.07) is 7.64. The van der Waals surface area contributed by atoms with Gasteiger partial charge in [-0.1, -0.05) is 55.3 Å². The lowest BCUT2D eigenvalue weighted by atomic mass is 10.1. The van der Waals surface area contributed by atoms with E-state index in [2.05, 4.69) is 19.9 Å². The Balaban J connectivity index is 0.000000399. The minimum Gasteiger partial charge on any atom is -0.450 e. The van der Waals surface area contributed by atoms with Crippen LogP contribution in [0.1, 0.15) is 25.8 Å². The Labute approximate surface area is 122 Å². The van der Waals surface area contributed by atoms with Crippen molar-refractivity contribution in [3.05, 3.63) is 40.9 Å². The van der Waals surface area contributed by atoms with Gasteiger partial charge in [-0.2, -0.15) is 0 Å². The van der Waals surface area contributed by atoms with Crippen LogP contribution in [0.25, 0.3) is 5.03 Å². The molecule has 3 nitrogen and oxygen atoms in total. The number of allylic oxidation sites excluding steroid dienone is 1. The van der Waals surface area contributed by atoms with Crippen LogP contribution >= 0.6 is 23.2 Å². The minimum atomic E-state index is -1.83. The van der Waals surface area contributed by atoms with Gasteiger partial charge in [0.2, 0.25) is 0 Å². The molecule has 2 N–H and O–H groups in total. The highest BCUT2D eigenvalue weighted by atomic mass is 35.5. The van der Waals surface area contributed by atoms with E-state index in [1.54, 1.807) is 0 Å². The number of carboxylic acid groups (broad SMARTS) is 2. The van der Waals surface area contributed by atoms with E-state index < -0.39 is 6.16 Å². The van der Waals surface area contributed by atoms with Gasteiger partial charge in [0.25, 0.3) is 0 Å². The van der Waals surface area contributed by atoms with Crippen molar-refractivity contribution < 1.29 is 15.0 Å². The number of halogens is 2. The molecule has 1 aliphatic rings. The number of benzene rings is 1. The topological polar surface area (TPSA) is 57.5 Å². The fourth-order valence-electron chi connectivity index (χ4n) is 1.67. The molecule has 104 valence electrons. The van der Waals surface area contributed by atoms with E-state index in [4.69, 9.17) is 38.2 Å². The van der Waals surface area contributed by atoms with Crippen molar-refractivity contribution in [2.24, 2.45) is 11.3 Å². The van der Waals surface area contributed by atoms with Gasteiger partial charge in [-0.25, -0.2) is 4.79 Å². The van der Waals surface area contributed by atoms with Crippen LogP contribution in [0.15, 0.2) is 30.3 Å². The van der Waals surface area contributed by atoms with Gasteiger partial charge in [0, 0.05) is 10.1 Å². The average Bonchev–Trinajstić information content (AvgIpc) is 2.85. The Morgan fingerprint density at radius 1 is 1.32 bits per heavy atom. The first-order chi connectivity index (χ1) is 8.72. The molecule has 1 aromatic rings. The van der Waals surface area contributed by atoms with Gasteiger partial charge in [0.15, 0.2) is 0 Å². The zero-order valence-electron chi connectivity index (χ0n) is 10.7. The molecule has 1 saturated carbocycles. The van der Waals surface area contributed by atoms with E-state index in [0.717, 1.165) is 15.6 Å². The van der Waals surface area contributed by atoms with Gasteiger partial charge in [-0.15, -0.1) is 0 Å². The standard InChI is InChI=1S/C13H14Cl2.CH2O3/c1-13(2)8-10(13)7-12(15)9-3-5-11(14)6-4-9;2-1(3)4/h3-7,10H,8H2,1-2H3;(H2,2,3,4)/b12-7-;. The van der Waals surface area contributed by atoms with Crippen LogP contribution < -0.4 is 0 Å². The predicted molar refractivity (Wildman–Crippen MR) is 77.8 cm³/mol. The van der Waals surface area contributed by atoms with Crippen LogP contribution in [0.5, 0.6) is 0 Å². The van der Waals surface area contributed by atoms with Crippen LogP contribution in [0.3, 0.4) is 0 Å². The normalized spacial score (nSPS) is 20.2. The van der Waals surface area contributed by atoms with Crippen molar-refractivity contribution in [1.82, 2.24) is 0 Å². The summed E-state index contributed by atoms with van der Waals surface area (Å²) < 4.78 is 0. The highest BCUT2D eigenvalue weighted by Crippen LogP contribution is 2.53. The number of hydrogen-bond donors (Lipinski definition) is 2. The van der Waals surface area contributed by atoms with Crippen molar-refractivity contribution in [2.45, 2.75) is 20.3 Å². The first-order valence-electron chi connectivity index (χ1n) is 5.77. The second-order valence-electron chi connectivity index (χ2n) is 5.10. The molecule has 0 radical (unpaired) electrons. The lowest BCUT2D eigenvalue weighted by molar-refractivity contribution is 0.137. The second kappa shape index (κ2) is 6.31. The van der Waals surface area contributed by atoms with Crippen molar-refractivity contribution in [3.8, 4) is 0 Å². The molecular formula is C14H16Cl2O3. The predicted octanol–water partition coefficient (Wildman–Crippen LogP) is 5.19. The van der Waals surface area contributed by atoms with Crippen molar-refractivity contribution in [1.29, 1.82) is 0 Å². The Morgan fingerprint density at radius 2 is 1.74 bits per heavy atom. The molecule has 0 aliphatic heterocycles. The third-order valence-corrected chi connectivity index (χ3v) is 3.65. The van der Waals surface area contributed by atoms with E-state index in [1.807, 2.05) is 24.3 Å². The summed E-state index contributed by atoms with van der Waals surface area (Å²) in [7, 11) is 0. The molecule has 0 saturated heterocycles. The largest absolute Gasteiger partial charge is 0.503 e. The monoisotopic (exact) mass is 302 g/mol. The van der Waals surface area contributed by atoms with E-state index in [-0.39, 0.29) is 0 Å². The molecule has 1 unspecified atom stereocenters. The molecule has 0 amide bonds. The van der Waals surface area contributed by atoms with E-state index in [9.17, 15) is 0 Å². The van der Waals surface area contributed by atoms with E-state index >= 15 is 0 Å². The van der Waals surface area contributed by atoms with Crippen LogP contribution in [0.2, 0.25) is 5.02 Å². The molecule has 19 heavy (non-hydrogen) atoms. The van der Waals surface area contributed by atoms with E-state index in [1.165, 1.54) is 6.42 Å². The third-order valence-electron chi connectivity index (χ3n) is 3.06. The van der Waals surface area contributed by atoms with Gasteiger partial charge in [-0.05, 0) is 35.4 Å². The highest BCUT2D eigenvalue weighted by Gasteiger charge is 2.43. The summed E-state index contributed by atoms with van der Waals surface area (Å²) >= 11 is 12.1. The second-order valence-corrected chi connectivity index (χ2v) is 5.95. The lowest BCUT2D eigenvalue weighted by Crippen LogP contribution is -1.87. The van der Waals surface area contributed by atoms with E-state index in [0.29, 0.717) is 11.3 Å². The van der Waals surface area contributed by atoms with Gasteiger partial charge < -0.3 is 10.2 Å². The molecular weight excluding hydrogens is 287 g/mol. The number of hydrogen-bond acceptors (Lipinski definition) is 1. The van der Waals surface area contributed by atoms with Crippen molar-refractivity contribution >= 4 is 34.4 Å². The molecule has 0 heterocycles. The summed E-state index contributed by atoms with van der Waals surface area (Å²) in [5.41, 5.74) is 1.48. The van der Waals surface area contributed by atoms with Crippen LogP contribution in [0, 0.1) is 11.3 Å². The Hall–Kier alpha value is -1.19. The molecule has 1 fully saturated rings. The fourth-order valence-corrected chi connectivity index (χ4v) is 2.08. The SMILES string of the molecule is CC1(C)CC1/C=C(\Cl)c1ccc(Cl)cc1.O=C(O)O. The maximum atomic E-state index is 8.56. The number of carbonyl (C=O) groups is 1. The van der Waals surface area contributed by atoms with Crippen LogP contribution in [-0.2, 0) is 0 Å². The molecule has 0 spiro atoms. The van der Waals surface area contributed by atoms with Crippen LogP contribution in [-0.4, -0.2) is 16.4 Å². The zero-order chi connectivity index (χ0) is 14.6. The van der Waals surface area contributed by atoms with Crippen molar-refractivity contribution in [3.63, 3.8) is 0 Å². The summed E-state index contributed by atoms with van der Waals surface area (Å²) in [5.74, 6) is 0.626. The summed E-state index contributed by atoms with van der Waals surface area (Å²) in [4.78, 5) is 8.56.